The lowest BCUT2D eigenvalue weighted by Crippen LogP contribution is -2.43. The summed E-state index contributed by atoms with van der Waals surface area (Å²) in [4.78, 5) is 11.8. The first kappa shape index (κ1) is 13.2. The molecular weight excluding hydrogens is 252 g/mol. The van der Waals surface area contributed by atoms with Gasteiger partial charge in [-0.25, -0.2) is 4.79 Å². The third-order valence-corrected chi connectivity index (χ3v) is 3.20. The zero-order valence-electron chi connectivity index (χ0n) is 10.3. The fourth-order valence-corrected chi connectivity index (χ4v) is 2.13. The Morgan fingerprint density at radius 2 is 2.39 bits per heavy atom. The Morgan fingerprint density at radius 3 is 3.06 bits per heavy atom. The molecule has 5 heteroatoms. The second kappa shape index (κ2) is 6.07. The van der Waals surface area contributed by atoms with Crippen LogP contribution < -0.4 is 10.6 Å². The highest BCUT2D eigenvalue weighted by Gasteiger charge is 2.18. The van der Waals surface area contributed by atoms with Gasteiger partial charge in [-0.05, 0) is 31.0 Å². The van der Waals surface area contributed by atoms with Gasteiger partial charge >= 0.3 is 6.03 Å². The Balaban J connectivity index is 1.86. The number of nitrogens with one attached hydrogen (secondary N) is 2. The van der Waals surface area contributed by atoms with Gasteiger partial charge in [0.15, 0.2) is 0 Å². The van der Waals surface area contributed by atoms with E-state index in [0.29, 0.717) is 11.6 Å². The Hall–Kier alpha value is -1.26. The van der Waals surface area contributed by atoms with Crippen molar-refractivity contribution in [3.8, 4) is 0 Å². The highest BCUT2D eigenvalue weighted by molar-refractivity contribution is 6.30. The first-order chi connectivity index (χ1) is 8.65. The van der Waals surface area contributed by atoms with Crippen LogP contribution in [0.2, 0.25) is 5.02 Å². The van der Waals surface area contributed by atoms with Gasteiger partial charge in [0.05, 0.1) is 18.7 Å². The van der Waals surface area contributed by atoms with Crippen LogP contribution in [0.4, 0.5) is 4.79 Å². The molecule has 2 unspecified atom stereocenters. The van der Waals surface area contributed by atoms with Crippen LogP contribution in [0.25, 0.3) is 0 Å². The quantitative estimate of drug-likeness (QED) is 0.885. The Kier molecular flexibility index (Phi) is 4.44. The molecule has 0 aromatic heterocycles. The van der Waals surface area contributed by atoms with E-state index in [-0.39, 0.29) is 18.1 Å². The topological polar surface area (TPSA) is 50.4 Å². The van der Waals surface area contributed by atoms with Gasteiger partial charge in [0, 0.05) is 11.6 Å². The van der Waals surface area contributed by atoms with Crippen LogP contribution in [0.15, 0.2) is 24.3 Å². The molecule has 0 bridgehead atoms. The Morgan fingerprint density at radius 1 is 1.56 bits per heavy atom. The van der Waals surface area contributed by atoms with Gasteiger partial charge in [0.25, 0.3) is 0 Å². The van der Waals surface area contributed by atoms with Crippen molar-refractivity contribution in [2.45, 2.75) is 25.4 Å². The number of urea groups is 1. The number of ether oxygens (including phenoxy) is 1. The van der Waals surface area contributed by atoms with Gasteiger partial charge < -0.3 is 15.4 Å². The molecule has 0 saturated carbocycles. The van der Waals surface area contributed by atoms with Gasteiger partial charge in [-0.2, -0.15) is 0 Å². The minimum absolute atomic E-state index is 0.0778. The molecule has 0 spiro atoms. The molecule has 1 aromatic rings. The lowest BCUT2D eigenvalue weighted by molar-refractivity contribution is 0.188. The average Bonchev–Trinajstić information content (AvgIpc) is 2.81. The smallest absolute Gasteiger partial charge is 0.315 e. The van der Waals surface area contributed by atoms with E-state index in [4.69, 9.17) is 16.3 Å². The predicted octanol–water partition coefficient (Wildman–Crippen LogP) is 2.49. The summed E-state index contributed by atoms with van der Waals surface area (Å²) in [6.07, 6.45) is 0.874. The first-order valence-corrected chi connectivity index (χ1v) is 6.43. The van der Waals surface area contributed by atoms with E-state index in [2.05, 4.69) is 10.6 Å². The molecule has 1 aliphatic rings. The fourth-order valence-electron chi connectivity index (χ4n) is 1.93. The maximum absolute atomic E-state index is 11.8. The van der Waals surface area contributed by atoms with Crippen LogP contribution in [0, 0.1) is 0 Å². The average molecular weight is 269 g/mol. The second-order valence-corrected chi connectivity index (χ2v) is 4.89. The molecular formula is C13H17ClN2O2. The summed E-state index contributed by atoms with van der Waals surface area (Å²) >= 11 is 5.92. The number of benzene rings is 1. The minimum atomic E-state index is -0.169. The predicted molar refractivity (Wildman–Crippen MR) is 70.8 cm³/mol. The van der Waals surface area contributed by atoms with Gasteiger partial charge in [0.2, 0.25) is 0 Å². The largest absolute Gasteiger partial charge is 0.379 e. The van der Waals surface area contributed by atoms with Crippen molar-refractivity contribution in [3.05, 3.63) is 34.9 Å². The first-order valence-electron chi connectivity index (χ1n) is 6.05. The number of amides is 2. The molecule has 2 rings (SSSR count). The number of carbonyl (C=O) groups is 1. The molecule has 1 saturated heterocycles. The normalized spacial score (nSPS) is 20.4. The van der Waals surface area contributed by atoms with Crippen LogP contribution >= 0.6 is 11.6 Å². The number of hydrogen-bond acceptors (Lipinski definition) is 2. The summed E-state index contributed by atoms with van der Waals surface area (Å²) in [6.45, 7) is 3.24. The maximum Gasteiger partial charge on any atom is 0.315 e. The molecule has 1 fully saturated rings. The number of halogens is 1. The van der Waals surface area contributed by atoms with E-state index < -0.39 is 0 Å². The summed E-state index contributed by atoms with van der Waals surface area (Å²) in [5.41, 5.74) is 0.986. The Labute approximate surface area is 112 Å². The summed E-state index contributed by atoms with van der Waals surface area (Å²) in [6, 6.07) is 7.35. The van der Waals surface area contributed by atoms with Crippen molar-refractivity contribution in [3.63, 3.8) is 0 Å². The standard InChI is InChI=1S/C13H17ClN2O2/c1-9(10-3-2-4-11(14)7-10)15-13(17)16-12-5-6-18-8-12/h2-4,7,9,12H,5-6,8H2,1H3,(H2,15,16,17). The highest BCUT2D eigenvalue weighted by atomic mass is 35.5. The van der Waals surface area contributed by atoms with Crippen LogP contribution in [0.1, 0.15) is 24.9 Å². The van der Waals surface area contributed by atoms with Gasteiger partial charge in [-0.15, -0.1) is 0 Å². The second-order valence-electron chi connectivity index (χ2n) is 4.46. The zero-order chi connectivity index (χ0) is 13.0. The summed E-state index contributed by atoms with van der Waals surface area (Å²) in [5, 5.41) is 6.44. The molecule has 4 nitrogen and oxygen atoms in total. The zero-order valence-corrected chi connectivity index (χ0v) is 11.0. The molecule has 2 atom stereocenters. The lowest BCUT2D eigenvalue weighted by atomic mass is 10.1. The van der Waals surface area contributed by atoms with E-state index >= 15 is 0 Å². The number of carbonyl (C=O) groups excluding carboxylic acids is 1. The molecule has 1 heterocycles. The maximum atomic E-state index is 11.8. The van der Waals surface area contributed by atoms with Crippen molar-refractivity contribution in [1.29, 1.82) is 0 Å². The molecule has 1 aliphatic heterocycles. The van der Waals surface area contributed by atoms with E-state index in [9.17, 15) is 4.79 Å². The van der Waals surface area contributed by atoms with E-state index in [0.717, 1.165) is 18.6 Å². The molecule has 98 valence electrons. The van der Waals surface area contributed by atoms with Gasteiger partial charge in [0.1, 0.15) is 0 Å². The van der Waals surface area contributed by atoms with Crippen LogP contribution in [0.5, 0.6) is 0 Å². The number of hydrogen-bond donors (Lipinski definition) is 2. The summed E-state index contributed by atoms with van der Waals surface area (Å²) < 4.78 is 5.20. The molecule has 0 aliphatic carbocycles. The molecule has 0 radical (unpaired) electrons. The fraction of sp³-hybridized carbons (Fsp3) is 0.462. The van der Waals surface area contributed by atoms with Crippen molar-refractivity contribution in [2.24, 2.45) is 0 Å². The SMILES string of the molecule is CC(NC(=O)NC1CCOC1)c1cccc(Cl)c1. The monoisotopic (exact) mass is 268 g/mol. The van der Waals surface area contributed by atoms with Crippen molar-refractivity contribution in [1.82, 2.24) is 10.6 Å². The molecule has 1 aromatic carbocycles. The van der Waals surface area contributed by atoms with Crippen LogP contribution in [-0.2, 0) is 4.74 Å². The van der Waals surface area contributed by atoms with Crippen LogP contribution in [0.3, 0.4) is 0 Å². The van der Waals surface area contributed by atoms with E-state index in [1.165, 1.54) is 0 Å². The number of rotatable bonds is 3. The van der Waals surface area contributed by atoms with Crippen molar-refractivity contribution >= 4 is 17.6 Å². The van der Waals surface area contributed by atoms with E-state index in [1.807, 2.05) is 31.2 Å². The van der Waals surface area contributed by atoms with E-state index in [1.54, 1.807) is 0 Å². The van der Waals surface area contributed by atoms with Crippen LogP contribution in [-0.4, -0.2) is 25.3 Å². The lowest BCUT2D eigenvalue weighted by Gasteiger charge is -2.17. The molecule has 18 heavy (non-hydrogen) atoms. The minimum Gasteiger partial charge on any atom is -0.379 e. The Bertz CT molecular complexity index is 419. The van der Waals surface area contributed by atoms with Gasteiger partial charge in [-0.1, -0.05) is 23.7 Å². The molecule has 2 N–H and O–H groups in total. The van der Waals surface area contributed by atoms with Crippen molar-refractivity contribution in [2.75, 3.05) is 13.2 Å². The van der Waals surface area contributed by atoms with Gasteiger partial charge in [-0.3, -0.25) is 0 Å². The third-order valence-electron chi connectivity index (χ3n) is 2.96. The van der Waals surface area contributed by atoms with Crippen molar-refractivity contribution < 1.29 is 9.53 Å². The molecule has 2 amide bonds. The third kappa shape index (κ3) is 3.62. The summed E-state index contributed by atoms with van der Waals surface area (Å²) in [7, 11) is 0. The summed E-state index contributed by atoms with van der Waals surface area (Å²) in [5.74, 6) is 0. The highest BCUT2D eigenvalue weighted by Crippen LogP contribution is 2.17.